The molecule has 1 unspecified atom stereocenters. The number of oxazole rings is 1. The van der Waals surface area contributed by atoms with E-state index < -0.39 is 11.7 Å². The SMILES string of the molecule is O=C(C1CCCN1c1nc2ccccc2o1)N1CCN(c2cccc(C(F)(F)F)c2)CC1. The molecule has 168 valence electrons. The highest BCUT2D eigenvalue weighted by atomic mass is 19.4. The lowest BCUT2D eigenvalue weighted by Crippen LogP contribution is -2.54. The highest BCUT2D eigenvalue weighted by Crippen LogP contribution is 2.32. The summed E-state index contributed by atoms with van der Waals surface area (Å²) in [6, 6.07) is 13.0. The molecule has 2 aliphatic heterocycles. The number of alkyl halides is 3. The Morgan fingerprint density at radius 3 is 2.53 bits per heavy atom. The summed E-state index contributed by atoms with van der Waals surface area (Å²) in [5, 5.41) is 0. The van der Waals surface area contributed by atoms with E-state index in [4.69, 9.17) is 4.42 Å². The summed E-state index contributed by atoms with van der Waals surface area (Å²) in [4.78, 5) is 23.4. The molecular weight excluding hydrogens is 421 g/mol. The molecule has 6 nitrogen and oxygen atoms in total. The smallest absolute Gasteiger partial charge is 0.416 e. The molecule has 2 saturated heterocycles. The highest BCUT2D eigenvalue weighted by Gasteiger charge is 2.37. The first-order valence-corrected chi connectivity index (χ1v) is 10.7. The Kier molecular flexibility index (Phi) is 5.19. The molecule has 32 heavy (non-hydrogen) atoms. The summed E-state index contributed by atoms with van der Waals surface area (Å²) in [6.07, 6.45) is -2.77. The minimum absolute atomic E-state index is 0.0217. The van der Waals surface area contributed by atoms with E-state index in [1.165, 1.54) is 12.1 Å². The van der Waals surface area contributed by atoms with Crippen LogP contribution in [-0.2, 0) is 11.0 Å². The van der Waals surface area contributed by atoms with E-state index in [1.807, 2.05) is 34.1 Å². The monoisotopic (exact) mass is 444 g/mol. The molecular formula is C23H23F3N4O2. The second-order valence-corrected chi connectivity index (χ2v) is 8.18. The number of rotatable bonds is 3. The second kappa shape index (κ2) is 8.03. The molecule has 2 aromatic carbocycles. The number of aromatic nitrogens is 1. The van der Waals surface area contributed by atoms with Crippen LogP contribution in [0, 0.1) is 0 Å². The van der Waals surface area contributed by atoms with Gasteiger partial charge in [0.05, 0.1) is 5.56 Å². The third-order valence-electron chi connectivity index (χ3n) is 6.20. The van der Waals surface area contributed by atoms with Gasteiger partial charge in [0.1, 0.15) is 11.6 Å². The van der Waals surface area contributed by atoms with Crippen molar-refractivity contribution in [3.8, 4) is 0 Å². The first-order valence-electron chi connectivity index (χ1n) is 10.7. The first-order chi connectivity index (χ1) is 15.4. The second-order valence-electron chi connectivity index (χ2n) is 8.18. The van der Waals surface area contributed by atoms with Crippen molar-refractivity contribution >= 4 is 28.7 Å². The molecule has 0 N–H and O–H groups in total. The van der Waals surface area contributed by atoms with Gasteiger partial charge in [-0.1, -0.05) is 18.2 Å². The van der Waals surface area contributed by atoms with Crippen LogP contribution in [0.3, 0.4) is 0 Å². The lowest BCUT2D eigenvalue weighted by Gasteiger charge is -2.38. The van der Waals surface area contributed by atoms with E-state index in [1.54, 1.807) is 11.0 Å². The van der Waals surface area contributed by atoms with Gasteiger partial charge in [-0.3, -0.25) is 4.79 Å². The first kappa shape index (κ1) is 20.7. The number of carbonyl (C=O) groups is 1. The average molecular weight is 444 g/mol. The fourth-order valence-electron chi connectivity index (χ4n) is 4.51. The minimum Gasteiger partial charge on any atom is -0.423 e. The molecule has 0 spiro atoms. The molecule has 9 heteroatoms. The Hall–Kier alpha value is -3.23. The zero-order chi connectivity index (χ0) is 22.3. The molecule has 1 atom stereocenters. The molecule has 1 amide bonds. The number of anilines is 2. The van der Waals surface area contributed by atoms with Gasteiger partial charge in [0, 0.05) is 38.4 Å². The molecule has 0 saturated carbocycles. The zero-order valence-corrected chi connectivity index (χ0v) is 17.4. The number of fused-ring (bicyclic) bond motifs is 1. The van der Waals surface area contributed by atoms with Gasteiger partial charge in [0.15, 0.2) is 5.58 Å². The van der Waals surface area contributed by atoms with Crippen molar-refractivity contribution in [3.63, 3.8) is 0 Å². The van der Waals surface area contributed by atoms with Crippen LogP contribution in [0.25, 0.3) is 11.1 Å². The summed E-state index contributed by atoms with van der Waals surface area (Å²) in [6.45, 7) is 2.61. The number of carbonyl (C=O) groups excluding carboxylic acids is 1. The fourth-order valence-corrected chi connectivity index (χ4v) is 4.51. The number of hydrogen-bond acceptors (Lipinski definition) is 5. The number of amides is 1. The summed E-state index contributed by atoms with van der Waals surface area (Å²) < 4.78 is 45.0. The molecule has 2 fully saturated rings. The van der Waals surface area contributed by atoms with Crippen molar-refractivity contribution < 1.29 is 22.4 Å². The lowest BCUT2D eigenvalue weighted by atomic mass is 10.1. The highest BCUT2D eigenvalue weighted by molar-refractivity contribution is 5.86. The van der Waals surface area contributed by atoms with Crippen molar-refractivity contribution in [2.24, 2.45) is 0 Å². The van der Waals surface area contributed by atoms with Gasteiger partial charge in [-0.2, -0.15) is 18.2 Å². The van der Waals surface area contributed by atoms with Crippen LogP contribution in [-0.4, -0.2) is 54.6 Å². The molecule has 1 aromatic heterocycles. The predicted molar refractivity (Wildman–Crippen MR) is 115 cm³/mol. The molecule has 2 aliphatic rings. The van der Waals surface area contributed by atoms with Crippen LogP contribution in [0.2, 0.25) is 0 Å². The van der Waals surface area contributed by atoms with Gasteiger partial charge in [-0.05, 0) is 43.2 Å². The Morgan fingerprint density at radius 1 is 1.00 bits per heavy atom. The molecule has 0 bridgehead atoms. The average Bonchev–Trinajstić information content (AvgIpc) is 3.45. The third-order valence-corrected chi connectivity index (χ3v) is 6.20. The molecule has 3 heterocycles. The van der Waals surface area contributed by atoms with Gasteiger partial charge in [0.2, 0.25) is 5.91 Å². The van der Waals surface area contributed by atoms with Crippen LogP contribution in [0.4, 0.5) is 24.9 Å². The van der Waals surface area contributed by atoms with Gasteiger partial charge in [-0.15, -0.1) is 0 Å². The summed E-state index contributed by atoms with van der Waals surface area (Å²) in [5.74, 6) is 0.0217. The van der Waals surface area contributed by atoms with Crippen LogP contribution >= 0.6 is 0 Å². The van der Waals surface area contributed by atoms with Crippen molar-refractivity contribution in [2.45, 2.75) is 25.1 Å². The number of hydrogen-bond donors (Lipinski definition) is 0. The molecule has 0 radical (unpaired) electrons. The standard InChI is InChI=1S/C23H23F3N4O2/c24-23(25,26)16-5-3-6-17(15-16)28-11-13-29(14-12-28)21(31)19-8-4-10-30(19)22-27-18-7-1-2-9-20(18)32-22/h1-3,5-7,9,15,19H,4,8,10-14H2. The Labute approximate surface area is 183 Å². The van der Waals surface area contributed by atoms with Crippen LogP contribution in [0.5, 0.6) is 0 Å². The van der Waals surface area contributed by atoms with Gasteiger partial charge in [-0.25, -0.2) is 0 Å². The Bertz CT molecular complexity index is 1090. The van der Waals surface area contributed by atoms with Gasteiger partial charge >= 0.3 is 6.18 Å². The normalized spacial score (nSPS) is 19.7. The van der Waals surface area contributed by atoms with E-state index in [9.17, 15) is 18.0 Å². The number of piperazine rings is 1. The van der Waals surface area contributed by atoms with Crippen molar-refractivity contribution in [1.82, 2.24) is 9.88 Å². The third kappa shape index (κ3) is 3.87. The summed E-state index contributed by atoms with van der Waals surface area (Å²) in [7, 11) is 0. The molecule has 3 aromatic rings. The van der Waals surface area contributed by atoms with Crippen LogP contribution < -0.4 is 9.80 Å². The largest absolute Gasteiger partial charge is 0.423 e. The number of nitrogens with zero attached hydrogens (tertiary/aromatic N) is 4. The molecule has 5 rings (SSSR count). The topological polar surface area (TPSA) is 52.8 Å². The summed E-state index contributed by atoms with van der Waals surface area (Å²) in [5.41, 5.74) is 1.32. The van der Waals surface area contributed by atoms with E-state index in [2.05, 4.69) is 4.98 Å². The van der Waals surface area contributed by atoms with Crippen molar-refractivity contribution in [2.75, 3.05) is 42.5 Å². The minimum atomic E-state index is -4.37. The Balaban J connectivity index is 1.26. The maximum Gasteiger partial charge on any atom is 0.416 e. The quantitative estimate of drug-likeness (QED) is 0.607. The number of para-hydroxylation sites is 2. The molecule has 0 aliphatic carbocycles. The fraction of sp³-hybridized carbons (Fsp3) is 0.391. The maximum atomic E-state index is 13.3. The van der Waals surface area contributed by atoms with E-state index >= 15 is 0 Å². The zero-order valence-electron chi connectivity index (χ0n) is 17.4. The lowest BCUT2D eigenvalue weighted by molar-refractivity contribution is -0.137. The number of halogens is 3. The van der Waals surface area contributed by atoms with Crippen molar-refractivity contribution in [3.05, 3.63) is 54.1 Å². The Morgan fingerprint density at radius 2 is 1.78 bits per heavy atom. The maximum absolute atomic E-state index is 13.3. The van der Waals surface area contributed by atoms with Crippen molar-refractivity contribution in [1.29, 1.82) is 0 Å². The van der Waals surface area contributed by atoms with Crippen LogP contribution in [0.1, 0.15) is 18.4 Å². The summed E-state index contributed by atoms with van der Waals surface area (Å²) >= 11 is 0. The van der Waals surface area contributed by atoms with E-state index in [0.717, 1.165) is 24.4 Å². The van der Waals surface area contributed by atoms with E-state index in [-0.39, 0.29) is 11.9 Å². The van der Waals surface area contributed by atoms with Crippen LogP contribution in [0.15, 0.2) is 52.9 Å². The number of benzene rings is 2. The van der Waals surface area contributed by atoms with Gasteiger partial charge in [0.25, 0.3) is 6.01 Å². The predicted octanol–water partition coefficient (Wildman–Crippen LogP) is 4.16. The van der Waals surface area contributed by atoms with E-state index in [0.29, 0.717) is 50.0 Å². The van der Waals surface area contributed by atoms with Gasteiger partial charge < -0.3 is 19.1 Å².